The number of rotatable bonds is 7. The summed E-state index contributed by atoms with van der Waals surface area (Å²) in [7, 11) is -3.57. The average molecular weight is 441 g/mol. The van der Waals surface area contributed by atoms with Crippen LogP contribution in [0.2, 0.25) is 0 Å². The van der Waals surface area contributed by atoms with Crippen molar-refractivity contribution in [1.82, 2.24) is 14.3 Å². The quantitative estimate of drug-likeness (QED) is 0.458. The number of anilines is 1. The minimum absolute atomic E-state index is 0.0239. The van der Waals surface area contributed by atoms with Crippen LogP contribution < -0.4 is 10.0 Å². The van der Waals surface area contributed by atoms with Gasteiger partial charge in [-0.25, -0.2) is 18.1 Å². The Morgan fingerprint density at radius 1 is 1.10 bits per heavy atom. The molecule has 0 aliphatic rings. The third-order valence-electron chi connectivity index (χ3n) is 4.52. The molecule has 0 aliphatic carbocycles. The number of hydrogen-bond acceptors (Lipinski definition) is 5. The highest BCUT2D eigenvalue weighted by Crippen LogP contribution is 2.24. The number of fused-ring (bicyclic) bond motifs is 1. The Hall–Kier alpha value is -3.01. The van der Waals surface area contributed by atoms with Gasteiger partial charge in [0.15, 0.2) is 0 Å². The molecule has 0 saturated carbocycles. The normalized spacial score (nSPS) is 11.6. The van der Waals surface area contributed by atoms with Crippen molar-refractivity contribution in [2.24, 2.45) is 0 Å². The zero-order chi connectivity index (χ0) is 21.1. The first kappa shape index (κ1) is 20.3. The lowest BCUT2D eigenvalue weighted by atomic mass is 10.2. The van der Waals surface area contributed by atoms with Gasteiger partial charge in [-0.3, -0.25) is 9.36 Å². The van der Waals surface area contributed by atoms with Gasteiger partial charge in [-0.1, -0.05) is 24.3 Å². The maximum Gasteiger partial charge on any atom is 0.250 e. The highest BCUT2D eigenvalue weighted by molar-refractivity contribution is 7.91. The topological polar surface area (TPSA) is 93.1 Å². The molecule has 4 aromatic rings. The standard InChI is InChI=1S/C21H20N4O3S2/c1-15-23-18-14-16(9-10-19(18)25(15)17-6-3-2-4-7-17)24-20(26)11-12-22-30(27,28)21-8-5-13-29-21/h2-10,13-14,22H,11-12H2,1H3,(H,24,26). The summed E-state index contributed by atoms with van der Waals surface area (Å²) in [4.78, 5) is 16.8. The zero-order valence-electron chi connectivity index (χ0n) is 16.2. The van der Waals surface area contributed by atoms with Crippen LogP contribution in [-0.2, 0) is 14.8 Å². The Bertz CT molecular complexity index is 1280. The van der Waals surface area contributed by atoms with Gasteiger partial charge in [0.05, 0.1) is 11.0 Å². The summed E-state index contributed by atoms with van der Waals surface area (Å²) in [5.74, 6) is 0.574. The van der Waals surface area contributed by atoms with E-state index >= 15 is 0 Å². The van der Waals surface area contributed by atoms with Gasteiger partial charge in [0.25, 0.3) is 0 Å². The summed E-state index contributed by atoms with van der Waals surface area (Å²) >= 11 is 1.13. The molecule has 0 saturated heterocycles. The third kappa shape index (κ3) is 4.28. The highest BCUT2D eigenvalue weighted by atomic mass is 32.2. The van der Waals surface area contributed by atoms with Crippen LogP contribution in [0, 0.1) is 6.92 Å². The number of carbonyl (C=O) groups excluding carboxylic acids is 1. The van der Waals surface area contributed by atoms with E-state index in [2.05, 4.69) is 19.6 Å². The van der Waals surface area contributed by atoms with Gasteiger partial charge in [0, 0.05) is 24.3 Å². The fraction of sp³-hybridized carbons (Fsp3) is 0.143. The first-order valence-corrected chi connectivity index (χ1v) is 11.7. The number of amides is 1. The minimum Gasteiger partial charge on any atom is -0.326 e. The first-order chi connectivity index (χ1) is 14.4. The van der Waals surface area contributed by atoms with Gasteiger partial charge in [-0.2, -0.15) is 0 Å². The maximum absolute atomic E-state index is 12.2. The largest absolute Gasteiger partial charge is 0.326 e. The Morgan fingerprint density at radius 2 is 1.90 bits per heavy atom. The predicted octanol–water partition coefficient (Wildman–Crippen LogP) is 3.70. The number of sulfonamides is 1. The fourth-order valence-corrected chi connectivity index (χ4v) is 5.26. The molecule has 0 aliphatic heterocycles. The van der Waals surface area contributed by atoms with E-state index in [1.54, 1.807) is 11.4 Å². The molecule has 0 atom stereocenters. The van der Waals surface area contributed by atoms with E-state index in [9.17, 15) is 13.2 Å². The number of nitrogens with zero attached hydrogens (tertiary/aromatic N) is 2. The van der Waals surface area contributed by atoms with Crippen molar-refractivity contribution in [2.45, 2.75) is 17.6 Å². The van der Waals surface area contributed by atoms with Crippen molar-refractivity contribution in [3.05, 3.63) is 71.9 Å². The molecule has 30 heavy (non-hydrogen) atoms. The molecule has 0 unspecified atom stereocenters. The molecule has 9 heteroatoms. The van der Waals surface area contributed by atoms with E-state index in [4.69, 9.17) is 0 Å². The monoisotopic (exact) mass is 440 g/mol. The lowest BCUT2D eigenvalue weighted by Gasteiger charge is -2.08. The van der Waals surface area contributed by atoms with Crippen molar-refractivity contribution >= 4 is 44.0 Å². The van der Waals surface area contributed by atoms with E-state index in [1.807, 2.05) is 55.5 Å². The lowest BCUT2D eigenvalue weighted by Crippen LogP contribution is -2.27. The molecule has 154 valence electrons. The average Bonchev–Trinajstić information content (AvgIpc) is 3.36. The van der Waals surface area contributed by atoms with Gasteiger partial charge in [0.1, 0.15) is 10.0 Å². The first-order valence-electron chi connectivity index (χ1n) is 9.31. The summed E-state index contributed by atoms with van der Waals surface area (Å²) in [6.07, 6.45) is 0.0279. The number of aromatic nitrogens is 2. The number of imidazole rings is 1. The highest BCUT2D eigenvalue weighted by Gasteiger charge is 2.15. The van der Waals surface area contributed by atoms with Gasteiger partial charge in [-0.15, -0.1) is 11.3 Å². The number of nitrogens with one attached hydrogen (secondary N) is 2. The van der Waals surface area contributed by atoms with E-state index < -0.39 is 10.0 Å². The zero-order valence-corrected chi connectivity index (χ0v) is 17.8. The summed E-state index contributed by atoms with van der Waals surface area (Å²) in [6, 6.07) is 18.7. The molecule has 0 radical (unpaired) electrons. The van der Waals surface area contributed by atoms with Crippen LogP contribution in [0.15, 0.2) is 70.3 Å². The Kier molecular flexibility index (Phi) is 5.67. The summed E-state index contributed by atoms with van der Waals surface area (Å²) in [5, 5.41) is 4.50. The number of hydrogen-bond donors (Lipinski definition) is 2. The van der Waals surface area contributed by atoms with Crippen LogP contribution in [-0.4, -0.2) is 30.4 Å². The van der Waals surface area contributed by atoms with Crippen molar-refractivity contribution in [3.63, 3.8) is 0 Å². The Labute approximate surface area is 178 Å². The van der Waals surface area contributed by atoms with Crippen LogP contribution in [0.1, 0.15) is 12.2 Å². The minimum atomic E-state index is -3.57. The molecule has 0 spiro atoms. The number of aryl methyl sites for hydroxylation is 1. The smallest absolute Gasteiger partial charge is 0.250 e. The van der Waals surface area contributed by atoms with Crippen molar-refractivity contribution in [2.75, 3.05) is 11.9 Å². The maximum atomic E-state index is 12.2. The molecule has 2 aromatic heterocycles. The Balaban J connectivity index is 1.42. The molecule has 0 fully saturated rings. The van der Waals surface area contributed by atoms with E-state index in [-0.39, 0.29) is 23.1 Å². The second-order valence-electron chi connectivity index (χ2n) is 6.66. The van der Waals surface area contributed by atoms with Crippen LogP contribution in [0.4, 0.5) is 5.69 Å². The van der Waals surface area contributed by atoms with E-state index in [0.717, 1.165) is 33.9 Å². The molecule has 2 heterocycles. The second kappa shape index (κ2) is 8.39. The molecular weight excluding hydrogens is 420 g/mol. The van der Waals surface area contributed by atoms with Gasteiger partial charge < -0.3 is 5.32 Å². The summed E-state index contributed by atoms with van der Waals surface area (Å²) in [6.45, 7) is 1.96. The molecular formula is C21H20N4O3S2. The van der Waals surface area contributed by atoms with Crippen LogP contribution >= 0.6 is 11.3 Å². The van der Waals surface area contributed by atoms with Gasteiger partial charge >= 0.3 is 0 Å². The summed E-state index contributed by atoms with van der Waals surface area (Å²) < 4.78 is 28.9. The number of thiophene rings is 1. The van der Waals surface area contributed by atoms with Crippen LogP contribution in [0.5, 0.6) is 0 Å². The molecule has 0 bridgehead atoms. The van der Waals surface area contributed by atoms with E-state index in [0.29, 0.717) is 5.69 Å². The SMILES string of the molecule is Cc1nc2cc(NC(=O)CCNS(=O)(=O)c3cccs3)ccc2n1-c1ccccc1. The third-order valence-corrected chi connectivity index (χ3v) is 7.38. The summed E-state index contributed by atoms with van der Waals surface area (Å²) in [5.41, 5.74) is 3.35. The van der Waals surface area contributed by atoms with Crippen LogP contribution in [0.3, 0.4) is 0 Å². The van der Waals surface area contributed by atoms with Crippen LogP contribution in [0.25, 0.3) is 16.7 Å². The molecule has 1 amide bonds. The van der Waals surface area contributed by atoms with Crippen molar-refractivity contribution in [3.8, 4) is 5.69 Å². The number of benzene rings is 2. The second-order valence-corrected chi connectivity index (χ2v) is 9.60. The number of carbonyl (C=O) groups is 1. The van der Waals surface area contributed by atoms with Gasteiger partial charge in [-0.05, 0) is 48.7 Å². The molecule has 2 aromatic carbocycles. The molecule has 7 nitrogen and oxygen atoms in total. The van der Waals surface area contributed by atoms with Crippen molar-refractivity contribution in [1.29, 1.82) is 0 Å². The van der Waals surface area contributed by atoms with Crippen molar-refractivity contribution < 1.29 is 13.2 Å². The van der Waals surface area contributed by atoms with Gasteiger partial charge in [0.2, 0.25) is 15.9 Å². The molecule has 4 rings (SSSR count). The van der Waals surface area contributed by atoms with E-state index in [1.165, 1.54) is 6.07 Å². The Morgan fingerprint density at radius 3 is 2.63 bits per heavy atom. The molecule has 2 N–H and O–H groups in total. The predicted molar refractivity (Wildman–Crippen MR) is 119 cm³/mol. The lowest BCUT2D eigenvalue weighted by molar-refractivity contribution is -0.116. The fourth-order valence-electron chi connectivity index (χ4n) is 3.19. The number of para-hydroxylation sites is 1.